The minimum absolute atomic E-state index is 0.180. The predicted molar refractivity (Wildman–Crippen MR) is 78.5 cm³/mol. The highest BCUT2D eigenvalue weighted by atomic mass is 32.2. The number of amides is 1. The molecule has 114 valence electrons. The highest BCUT2D eigenvalue weighted by Gasteiger charge is 2.41. The van der Waals surface area contributed by atoms with Crippen molar-refractivity contribution in [1.82, 2.24) is 9.29 Å². The number of piperazine rings is 1. The third-order valence-corrected chi connectivity index (χ3v) is 6.29. The maximum Gasteiger partial charge on any atom is 0.252 e. The molecule has 8 heteroatoms. The number of pyridine rings is 1. The fraction of sp³-hybridized carbons (Fsp3) is 0.538. The van der Waals surface area contributed by atoms with Gasteiger partial charge >= 0.3 is 0 Å². The lowest BCUT2D eigenvalue weighted by Gasteiger charge is -2.35. The van der Waals surface area contributed by atoms with E-state index in [0.717, 1.165) is 12.8 Å². The fourth-order valence-electron chi connectivity index (χ4n) is 2.57. The average Bonchev–Trinajstić information content (AvgIpc) is 3.32. The zero-order valence-corrected chi connectivity index (χ0v) is 12.4. The quantitative estimate of drug-likeness (QED) is 0.830. The van der Waals surface area contributed by atoms with Gasteiger partial charge in [-0.05, 0) is 25.0 Å². The first-order chi connectivity index (χ1) is 10.00. The summed E-state index contributed by atoms with van der Waals surface area (Å²) in [6, 6.07) is 3.30. The molecule has 0 radical (unpaired) electrons. The van der Waals surface area contributed by atoms with Crippen LogP contribution in [0.25, 0.3) is 0 Å². The number of sulfonamides is 1. The van der Waals surface area contributed by atoms with Crippen molar-refractivity contribution in [2.75, 3.05) is 31.1 Å². The molecule has 2 N–H and O–H groups in total. The van der Waals surface area contributed by atoms with Crippen molar-refractivity contribution in [2.24, 2.45) is 5.73 Å². The topological polar surface area (TPSA) is 96.6 Å². The van der Waals surface area contributed by atoms with Gasteiger partial charge in [-0.2, -0.15) is 4.31 Å². The average molecular weight is 310 g/mol. The number of hydrogen-bond donors (Lipinski definition) is 1. The minimum atomic E-state index is -3.13. The van der Waals surface area contributed by atoms with E-state index in [2.05, 4.69) is 4.98 Å². The molecule has 2 fully saturated rings. The molecule has 1 aromatic rings. The minimum Gasteiger partial charge on any atom is -0.365 e. The van der Waals surface area contributed by atoms with Gasteiger partial charge in [-0.3, -0.25) is 4.79 Å². The Kier molecular flexibility index (Phi) is 3.58. The first-order valence-electron chi connectivity index (χ1n) is 6.99. The summed E-state index contributed by atoms with van der Waals surface area (Å²) in [6.07, 6.45) is 3.15. The number of hydrogen-bond acceptors (Lipinski definition) is 5. The van der Waals surface area contributed by atoms with Crippen molar-refractivity contribution in [1.29, 1.82) is 0 Å². The molecular formula is C13H18N4O3S. The van der Waals surface area contributed by atoms with Gasteiger partial charge in [-0.25, -0.2) is 13.4 Å². The third kappa shape index (κ3) is 2.73. The number of nitrogens with zero attached hydrogens (tertiary/aromatic N) is 3. The van der Waals surface area contributed by atoms with Crippen molar-refractivity contribution >= 4 is 21.7 Å². The van der Waals surface area contributed by atoms with E-state index in [1.54, 1.807) is 22.6 Å². The molecule has 21 heavy (non-hydrogen) atoms. The van der Waals surface area contributed by atoms with Crippen molar-refractivity contribution < 1.29 is 13.2 Å². The Balaban J connectivity index is 1.73. The standard InChI is InChI=1S/C13H18N4O3S/c14-12(18)11-2-1-5-15-13(11)16-6-8-17(9-7-16)21(19,20)10-3-4-10/h1-2,5,10H,3-4,6-9H2,(H2,14,18). The van der Waals surface area contributed by atoms with Crippen LogP contribution in [0.5, 0.6) is 0 Å². The Morgan fingerprint density at radius 2 is 1.90 bits per heavy atom. The molecule has 0 unspecified atom stereocenters. The van der Waals surface area contributed by atoms with E-state index < -0.39 is 15.9 Å². The van der Waals surface area contributed by atoms with Crippen molar-refractivity contribution in [3.05, 3.63) is 23.9 Å². The molecule has 0 bridgehead atoms. The molecule has 2 heterocycles. The van der Waals surface area contributed by atoms with Crippen LogP contribution in [0, 0.1) is 0 Å². The zero-order valence-electron chi connectivity index (χ0n) is 11.6. The Morgan fingerprint density at radius 1 is 1.24 bits per heavy atom. The molecular weight excluding hydrogens is 292 g/mol. The zero-order chi connectivity index (χ0) is 15.0. The van der Waals surface area contributed by atoms with E-state index in [4.69, 9.17) is 5.73 Å². The second kappa shape index (κ2) is 5.27. The van der Waals surface area contributed by atoms with E-state index in [1.807, 2.05) is 4.90 Å². The summed E-state index contributed by atoms with van der Waals surface area (Å²) < 4.78 is 25.9. The Bertz CT molecular complexity index is 649. The molecule has 7 nitrogen and oxygen atoms in total. The maximum atomic E-state index is 12.2. The van der Waals surface area contributed by atoms with Gasteiger partial charge in [-0.15, -0.1) is 0 Å². The Labute approximate surface area is 123 Å². The van der Waals surface area contributed by atoms with Crippen LogP contribution < -0.4 is 10.6 Å². The number of carbonyl (C=O) groups is 1. The van der Waals surface area contributed by atoms with E-state index in [1.165, 1.54) is 0 Å². The van der Waals surface area contributed by atoms with E-state index in [9.17, 15) is 13.2 Å². The van der Waals surface area contributed by atoms with Gasteiger partial charge in [-0.1, -0.05) is 0 Å². The first-order valence-corrected chi connectivity index (χ1v) is 8.49. The first kappa shape index (κ1) is 14.3. The summed E-state index contributed by atoms with van der Waals surface area (Å²) in [5, 5.41) is -0.180. The Morgan fingerprint density at radius 3 is 2.48 bits per heavy atom. The largest absolute Gasteiger partial charge is 0.365 e. The molecule has 1 aliphatic carbocycles. The lowest BCUT2D eigenvalue weighted by molar-refractivity contribution is 0.100. The number of nitrogens with two attached hydrogens (primary N) is 1. The number of primary amides is 1. The van der Waals surface area contributed by atoms with Crippen LogP contribution in [0.3, 0.4) is 0 Å². The van der Waals surface area contributed by atoms with Crippen LogP contribution in [0.2, 0.25) is 0 Å². The number of carbonyl (C=O) groups excluding carboxylic acids is 1. The molecule has 1 saturated heterocycles. The van der Waals surface area contributed by atoms with Gasteiger partial charge in [0.25, 0.3) is 5.91 Å². The summed E-state index contributed by atoms with van der Waals surface area (Å²) in [4.78, 5) is 17.6. The van der Waals surface area contributed by atoms with Gasteiger partial charge in [0.05, 0.1) is 10.8 Å². The number of aromatic nitrogens is 1. The normalized spacial score (nSPS) is 20.5. The number of anilines is 1. The molecule has 1 saturated carbocycles. The van der Waals surface area contributed by atoms with Crippen LogP contribution >= 0.6 is 0 Å². The molecule has 1 aliphatic heterocycles. The molecule has 0 spiro atoms. The fourth-order valence-corrected chi connectivity index (χ4v) is 4.40. The van der Waals surface area contributed by atoms with E-state index in [0.29, 0.717) is 37.6 Å². The summed E-state index contributed by atoms with van der Waals surface area (Å²) in [6.45, 7) is 1.88. The second-order valence-electron chi connectivity index (χ2n) is 5.37. The van der Waals surface area contributed by atoms with Gasteiger partial charge in [0.1, 0.15) is 5.82 Å². The Hall–Kier alpha value is -1.67. The molecule has 1 aromatic heterocycles. The van der Waals surface area contributed by atoms with Crippen LogP contribution in [-0.2, 0) is 10.0 Å². The molecule has 0 atom stereocenters. The molecule has 0 aromatic carbocycles. The van der Waals surface area contributed by atoms with Gasteiger partial charge < -0.3 is 10.6 Å². The molecule has 3 rings (SSSR count). The molecule has 1 amide bonds. The van der Waals surface area contributed by atoms with Gasteiger partial charge in [0.2, 0.25) is 10.0 Å². The van der Waals surface area contributed by atoms with Gasteiger partial charge in [0, 0.05) is 32.4 Å². The summed E-state index contributed by atoms with van der Waals surface area (Å²) in [5.41, 5.74) is 5.73. The third-order valence-electron chi connectivity index (χ3n) is 3.90. The van der Waals surface area contributed by atoms with E-state index >= 15 is 0 Å². The smallest absolute Gasteiger partial charge is 0.252 e. The summed E-state index contributed by atoms with van der Waals surface area (Å²) in [5.74, 6) is 0.0135. The second-order valence-corrected chi connectivity index (χ2v) is 7.58. The van der Waals surface area contributed by atoms with Crippen LogP contribution in [0.1, 0.15) is 23.2 Å². The van der Waals surface area contributed by atoms with Crippen LogP contribution in [-0.4, -0.2) is 55.0 Å². The number of rotatable bonds is 4. The SMILES string of the molecule is NC(=O)c1cccnc1N1CCN(S(=O)(=O)C2CC2)CC1. The predicted octanol–water partition coefficient (Wildman–Crippen LogP) is -0.205. The summed E-state index contributed by atoms with van der Waals surface area (Å²) in [7, 11) is -3.13. The van der Waals surface area contributed by atoms with Crippen LogP contribution in [0.15, 0.2) is 18.3 Å². The molecule has 2 aliphatic rings. The van der Waals surface area contributed by atoms with Crippen molar-refractivity contribution in [3.8, 4) is 0 Å². The van der Waals surface area contributed by atoms with Crippen LogP contribution in [0.4, 0.5) is 5.82 Å². The highest BCUT2D eigenvalue weighted by molar-refractivity contribution is 7.90. The maximum absolute atomic E-state index is 12.2. The van der Waals surface area contributed by atoms with Gasteiger partial charge in [0.15, 0.2) is 0 Å². The van der Waals surface area contributed by atoms with Crippen molar-refractivity contribution in [3.63, 3.8) is 0 Å². The van der Waals surface area contributed by atoms with E-state index in [-0.39, 0.29) is 5.25 Å². The lowest BCUT2D eigenvalue weighted by Crippen LogP contribution is -2.50. The summed E-state index contributed by atoms with van der Waals surface area (Å²) >= 11 is 0. The lowest BCUT2D eigenvalue weighted by atomic mass is 10.2. The highest BCUT2D eigenvalue weighted by Crippen LogP contribution is 2.31. The van der Waals surface area contributed by atoms with Crippen molar-refractivity contribution in [2.45, 2.75) is 18.1 Å². The monoisotopic (exact) mass is 310 g/mol.